The molecule has 1 aromatic rings. The SMILES string of the molecule is Cn1ncc(C#CCNC(=O)OC(C)(C)C)c1N. The average molecular weight is 250 g/mol. The van der Waals surface area contributed by atoms with Crippen LogP contribution in [0.1, 0.15) is 26.3 Å². The van der Waals surface area contributed by atoms with E-state index in [1.165, 1.54) is 4.68 Å². The highest BCUT2D eigenvalue weighted by Gasteiger charge is 2.14. The van der Waals surface area contributed by atoms with Gasteiger partial charge >= 0.3 is 6.09 Å². The molecule has 0 aliphatic heterocycles. The van der Waals surface area contributed by atoms with Crippen LogP contribution in [-0.2, 0) is 11.8 Å². The summed E-state index contributed by atoms with van der Waals surface area (Å²) < 4.78 is 6.59. The highest BCUT2D eigenvalue weighted by molar-refractivity contribution is 5.68. The second-order valence-corrected chi connectivity index (χ2v) is 4.72. The fourth-order valence-electron chi connectivity index (χ4n) is 1.11. The Morgan fingerprint density at radius 3 is 2.78 bits per heavy atom. The summed E-state index contributed by atoms with van der Waals surface area (Å²) in [4.78, 5) is 11.3. The van der Waals surface area contributed by atoms with Crippen LogP contribution in [-0.4, -0.2) is 28.0 Å². The number of ether oxygens (including phenoxy) is 1. The van der Waals surface area contributed by atoms with Crippen LogP contribution in [0.3, 0.4) is 0 Å². The van der Waals surface area contributed by atoms with Crippen LogP contribution in [0.25, 0.3) is 0 Å². The van der Waals surface area contributed by atoms with Crippen LogP contribution in [0.2, 0.25) is 0 Å². The van der Waals surface area contributed by atoms with Crippen molar-refractivity contribution in [1.82, 2.24) is 15.1 Å². The van der Waals surface area contributed by atoms with E-state index in [2.05, 4.69) is 22.3 Å². The number of hydrogen-bond donors (Lipinski definition) is 2. The molecule has 0 aliphatic carbocycles. The molecule has 1 amide bonds. The van der Waals surface area contributed by atoms with E-state index in [1.807, 2.05) is 0 Å². The van der Waals surface area contributed by atoms with Gasteiger partial charge in [0.1, 0.15) is 11.4 Å². The molecule has 0 aliphatic rings. The number of carbonyl (C=O) groups excluding carboxylic acids is 1. The van der Waals surface area contributed by atoms with Gasteiger partial charge in [-0.05, 0) is 20.8 Å². The lowest BCUT2D eigenvalue weighted by molar-refractivity contribution is 0.0535. The molecule has 0 aromatic carbocycles. The van der Waals surface area contributed by atoms with Crippen LogP contribution < -0.4 is 11.1 Å². The van der Waals surface area contributed by atoms with Crippen LogP contribution in [0.4, 0.5) is 10.6 Å². The molecule has 0 radical (unpaired) electrons. The van der Waals surface area contributed by atoms with Crippen molar-refractivity contribution >= 4 is 11.9 Å². The number of carbonyl (C=O) groups is 1. The average Bonchev–Trinajstić information content (AvgIpc) is 2.53. The first-order chi connectivity index (χ1) is 8.29. The lowest BCUT2D eigenvalue weighted by atomic mass is 10.2. The molecule has 0 bridgehead atoms. The predicted octanol–water partition coefficient (Wildman–Crippen LogP) is 0.878. The molecule has 6 nitrogen and oxygen atoms in total. The second-order valence-electron chi connectivity index (χ2n) is 4.72. The van der Waals surface area contributed by atoms with Gasteiger partial charge in [0.15, 0.2) is 0 Å². The van der Waals surface area contributed by atoms with E-state index < -0.39 is 11.7 Å². The monoisotopic (exact) mass is 250 g/mol. The minimum absolute atomic E-state index is 0.198. The molecule has 1 rings (SSSR count). The van der Waals surface area contributed by atoms with E-state index in [1.54, 1.807) is 34.0 Å². The van der Waals surface area contributed by atoms with Crippen molar-refractivity contribution in [3.63, 3.8) is 0 Å². The Kier molecular flexibility index (Phi) is 4.21. The molecule has 1 heterocycles. The Morgan fingerprint density at radius 1 is 1.61 bits per heavy atom. The van der Waals surface area contributed by atoms with Gasteiger partial charge in [-0.2, -0.15) is 5.10 Å². The normalized spacial score (nSPS) is 10.4. The highest BCUT2D eigenvalue weighted by Crippen LogP contribution is 2.07. The van der Waals surface area contributed by atoms with Crippen molar-refractivity contribution in [3.05, 3.63) is 11.8 Å². The highest BCUT2D eigenvalue weighted by atomic mass is 16.6. The quantitative estimate of drug-likeness (QED) is 0.725. The Balaban J connectivity index is 2.44. The fraction of sp³-hybridized carbons (Fsp3) is 0.500. The smallest absolute Gasteiger partial charge is 0.408 e. The van der Waals surface area contributed by atoms with Crippen LogP contribution >= 0.6 is 0 Å². The summed E-state index contributed by atoms with van der Waals surface area (Å²) in [6.45, 7) is 5.60. The molecular formula is C12H18N4O2. The maximum absolute atomic E-state index is 11.3. The van der Waals surface area contributed by atoms with Gasteiger partial charge in [0.05, 0.1) is 18.3 Å². The number of hydrogen-bond acceptors (Lipinski definition) is 4. The first-order valence-electron chi connectivity index (χ1n) is 5.53. The maximum atomic E-state index is 11.3. The van der Waals surface area contributed by atoms with E-state index in [4.69, 9.17) is 10.5 Å². The molecule has 98 valence electrons. The predicted molar refractivity (Wildman–Crippen MR) is 68.7 cm³/mol. The molecule has 6 heteroatoms. The third-order valence-corrected chi connectivity index (χ3v) is 1.93. The van der Waals surface area contributed by atoms with Crippen molar-refractivity contribution in [2.45, 2.75) is 26.4 Å². The number of rotatable bonds is 1. The van der Waals surface area contributed by atoms with Gasteiger partial charge in [0, 0.05) is 7.05 Å². The standard InChI is InChI=1S/C12H18N4O2/c1-12(2,3)18-11(17)14-7-5-6-9-8-15-16(4)10(9)13/h8H,7,13H2,1-4H3,(H,14,17). The molecule has 0 saturated heterocycles. The topological polar surface area (TPSA) is 82.2 Å². The van der Waals surface area contributed by atoms with Gasteiger partial charge < -0.3 is 15.8 Å². The van der Waals surface area contributed by atoms with Gasteiger partial charge in [0.2, 0.25) is 0 Å². The van der Waals surface area contributed by atoms with Crippen molar-refractivity contribution in [1.29, 1.82) is 0 Å². The van der Waals surface area contributed by atoms with E-state index in [0.29, 0.717) is 11.4 Å². The third-order valence-electron chi connectivity index (χ3n) is 1.93. The molecule has 1 aromatic heterocycles. The van der Waals surface area contributed by atoms with Crippen LogP contribution in [0, 0.1) is 11.8 Å². The summed E-state index contributed by atoms with van der Waals surface area (Å²) in [5.41, 5.74) is 5.85. The molecule has 3 N–H and O–H groups in total. The van der Waals surface area contributed by atoms with Gasteiger partial charge in [0.25, 0.3) is 0 Å². The second kappa shape index (κ2) is 5.45. The van der Waals surface area contributed by atoms with Crippen molar-refractivity contribution in [3.8, 4) is 11.8 Å². The first kappa shape index (κ1) is 13.9. The van der Waals surface area contributed by atoms with Gasteiger partial charge in [-0.15, -0.1) is 0 Å². The molecule has 18 heavy (non-hydrogen) atoms. The summed E-state index contributed by atoms with van der Waals surface area (Å²) >= 11 is 0. The first-order valence-corrected chi connectivity index (χ1v) is 5.53. The van der Waals surface area contributed by atoms with E-state index >= 15 is 0 Å². The summed E-state index contributed by atoms with van der Waals surface area (Å²) in [6, 6.07) is 0. The van der Waals surface area contributed by atoms with E-state index in [9.17, 15) is 4.79 Å². The lowest BCUT2D eigenvalue weighted by Crippen LogP contribution is -2.32. The van der Waals surface area contributed by atoms with Crippen molar-refractivity contribution < 1.29 is 9.53 Å². The number of nitrogens with two attached hydrogens (primary N) is 1. The van der Waals surface area contributed by atoms with Crippen LogP contribution in [0.15, 0.2) is 6.20 Å². The summed E-state index contributed by atoms with van der Waals surface area (Å²) in [6.07, 6.45) is 1.09. The molecule has 0 unspecified atom stereocenters. The Hall–Kier alpha value is -2.16. The third kappa shape index (κ3) is 4.37. The number of aryl methyl sites for hydroxylation is 1. The number of anilines is 1. The molecule has 0 fully saturated rings. The number of nitrogens with one attached hydrogen (secondary N) is 1. The van der Waals surface area contributed by atoms with Crippen molar-refractivity contribution in [2.75, 3.05) is 12.3 Å². The lowest BCUT2D eigenvalue weighted by Gasteiger charge is -2.18. The van der Waals surface area contributed by atoms with Gasteiger partial charge in [-0.1, -0.05) is 11.8 Å². The van der Waals surface area contributed by atoms with Gasteiger partial charge in [-0.25, -0.2) is 4.79 Å². The zero-order chi connectivity index (χ0) is 13.8. The number of aromatic nitrogens is 2. The minimum atomic E-state index is -0.509. The maximum Gasteiger partial charge on any atom is 0.408 e. The summed E-state index contributed by atoms with van der Waals surface area (Å²) in [5, 5.41) is 6.49. The molecular weight excluding hydrogens is 232 g/mol. The zero-order valence-corrected chi connectivity index (χ0v) is 11.1. The number of amides is 1. The number of nitrogen functional groups attached to an aromatic ring is 1. The molecule has 0 atom stereocenters. The van der Waals surface area contributed by atoms with E-state index in [0.717, 1.165) is 0 Å². The van der Waals surface area contributed by atoms with E-state index in [-0.39, 0.29) is 6.54 Å². The summed E-state index contributed by atoms with van der Waals surface area (Å²) in [5.74, 6) is 6.10. The summed E-state index contributed by atoms with van der Waals surface area (Å²) in [7, 11) is 1.74. The number of nitrogens with zero attached hydrogens (tertiary/aromatic N) is 2. The Labute approximate surface area is 106 Å². The fourth-order valence-corrected chi connectivity index (χ4v) is 1.11. The minimum Gasteiger partial charge on any atom is -0.444 e. The number of alkyl carbamates (subject to hydrolysis) is 1. The molecule has 0 saturated carbocycles. The Morgan fingerprint density at radius 2 is 2.28 bits per heavy atom. The molecule has 0 spiro atoms. The van der Waals surface area contributed by atoms with Gasteiger partial charge in [-0.3, -0.25) is 4.68 Å². The van der Waals surface area contributed by atoms with Crippen LogP contribution in [0.5, 0.6) is 0 Å². The largest absolute Gasteiger partial charge is 0.444 e. The zero-order valence-electron chi connectivity index (χ0n) is 11.1. The Bertz CT molecular complexity index is 488. The van der Waals surface area contributed by atoms with Crippen molar-refractivity contribution in [2.24, 2.45) is 7.05 Å².